The Kier molecular flexibility index (Phi) is 9.70. The SMILES string of the molecule is COC.CON(C)S(=O)c1c(Cl)ccc(Nc2c(N[C@@H](C)CO)c(=O)c2=O)c1O. The zero-order valence-electron chi connectivity index (χ0n) is 16.6. The molecule has 0 saturated heterocycles. The molecule has 162 valence electrons. The molecule has 0 amide bonds. The summed E-state index contributed by atoms with van der Waals surface area (Å²) in [5.41, 5.74) is -1.53. The highest BCUT2D eigenvalue weighted by Gasteiger charge is 2.26. The average Bonchev–Trinajstić information content (AvgIpc) is 2.71. The first-order valence-corrected chi connectivity index (χ1v) is 9.71. The maximum Gasteiger partial charge on any atom is 0.253 e. The summed E-state index contributed by atoms with van der Waals surface area (Å²) in [6.45, 7) is 1.39. The highest BCUT2D eigenvalue weighted by molar-refractivity contribution is 7.82. The van der Waals surface area contributed by atoms with E-state index in [-0.39, 0.29) is 33.6 Å². The molecule has 2 rings (SSSR count). The summed E-state index contributed by atoms with van der Waals surface area (Å²) in [7, 11) is 4.02. The van der Waals surface area contributed by atoms with Crippen LogP contribution in [0.3, 0.4) is 0 Å². The quantitative estimate of drug-likeness (QED) is 0.263. The minimum atomic E-state index is -1.92. The van der Waals surface area contributed by atoms with E-state index in [0.29, 0.717) is 0 Å². The Morgan fingerprint density at radius 1 is 1.21 bits per heavy atom. The molecule has 2 atom stereocenters. The number of phenols is 1. The van der Waals surface area contributed by atoms with E-state index in [4.69, 9.17) is 21.5 Å². The van der Waals surface area contributed by atoms with Gasteiger partial charge in [-0.3, -0.25) is 14.4 Å². The van der Waals surface area contributed by atoms with Gasteiger partial charge in [0, 0.05) is 27.3 Å². The van der Waals surface area contributed by atoms with E-state index in [1.165, 1.54) is 26.3 Å². The Balaban J connectivity index is 0.00000132. The van der Waals surface area contributed by atoms with Gasteiger partial charge < -0.3 is 25.6 Å². The Morgan fingerprint density at radius 2 is 1.76 bits per heavy atom. The smallest absolute Gasteiger partial charge is 0.253 e. The van der Waals surface area contributed by atoms with E-state index in [2.05, 4.69) is 15.4 Å². The molecule has 0 heterocycles. The van der Waals surface area contributed by atoms with Crippen LogP contribution >= 0.6 is 11.6 Å². The molecule has 10 nitrogen and oxygen atoms in total. The largest absolute Gasteiger partial charge is 0.504 e. The molecule has 2 aromatic rings. The van der Waals surface area contributed by atoms with Gasteiger partial charge in [0.15, 0.2) is 16.7 Å². The van der Waals surface area contributed by atoms with Gasteiger partial charge in [-0.1, -0.05) is 11.6 Å². The van der Waals surface area contributed by atoms with Crippen LogP contribution in [0.1, 0.15) is 6.92 Å². The van der Waals surface area contributed by atoms with Gasteiger partial charge in [0.05, 0.1) is 24.4 Å². The zero-order chi connectivity index (χ0) is 22.3. The molecule has 0 radical (unpaired) electrons. The molecule has 0 saturated carbocycles. The van der Waals surface area contributed by atoms with Crippen molar-refractivity contribution in [2.24, 2.45) is 0 Å². The van der Waals surface area contributed by atoms with E-state index >= 15 is 0 Å². The van der Waals surface area contributed by atoms with Crippen molar-refractivity contribution >= 4 is 39.6 Å². The number of phenolic OH excluding ortho intramolecular Hbond substituents is 1. The third-order valence-electron chi connectivity index (χ3n) is 3.58. The van der Waals surface area contributed by atoms with Crippen LogP contribution in [-0.2, 0) is 20.6 Å². The van der Waals surface area contributed by atoms with Gasteiger partial charge in [-0.15, -0.1) is 4.47 Å². The first-order chi connectivity index (χ1) is 13.6. The minimum absolute atomic E-state index is 0.00239. The van der Waals surface area contributed by atoms with Gasteiger partial charge in [0.2, 0.25) is 0 Å². The van der Waals surface area contributed by atoms with Crippen LogP contribution in [0.15, 0.2) is 26.6 Å². The third kappa shape index (κ3) is 5.75. The van der Waals surface area contributed by atoms with Crippen molar-refractivity contribution in [1.29, 1.82) is 0 Å². The summed E-state index contributed by atoms with van der Waals surface area (Å²) in [6, 6.07) is 2.31. The summed E-state index contributed by atoms with van der Waals surface area (Å²) in [5.74, 6) is -0.450. The third-order valence-corrected chi connectivity index (χ3v) is 5.39. The molecule has 29 heavy (non-hydrogen) atoms. The Labute approximate surface area is 175 Å². The number of methoxy groups -OCH3 is 1. The number of aromatic hydroxyl groups is 1. The van der Waals surface area contributed by atoms with Crippen molar-refractivity contribution in [2.75, 3.05) is 45.6 Å². The van der Waals surface area contributed by atoms with Crippen molar-refractivity contribution in [1.82, 2.24) is 4.47 Å². The van der Waals surface area contributed by atoms with Crippen molar-refractivity contribution in [3.05, 3.63) is 37.6 Å². The van der Waals surface area contributed by atoms with Crippen LogP contribution in [0.2, 0.25) is 5.02 Å². The minimum Gasteiger partial charge on any atom is -0.504 e. The number of aliphatic hydroxyl groups excluding tert-OH is 1. The molecular weight excluding hydrogens is 426 g/mol. The maximum absolute atomic E-state index is 12.4. The molecule has 1 unspecified atom stereocenters. The second kappa shape index (κ2) is 11.2. The lowest BCUT2D eigenvalue weighted by atomic mass is 10.1. The Hall–Kier alpha value is -2.02. The second-order valence-corrected chi connectivity index (χ2v) is 7.64. The predicted octanol–water partition coefficient (Wildman–Crippen LogP) is 0.956. The fraction of sp³-hybridized carbons (Fsp3) is 0.412. The number of rotatable bonds is 8. The van der Waals surface area contributed by atoms with Gasteiger partial charge in [-0.25, -0.2) is 4.21 Å². The van der Waals surface area contributed by atoms with E-state index in [9.17, 15) is 18.9 Å². The lowest BCUT2D eigenvalue weighted by molar-refractivity contribution is -0.0205. The number of hydrogen-bond donors (Lipinski definition) is 4. The summed E-state index contributed by atoms with van der Waals surface area (Å²) in [6.07, 6.45) is 0. The molecule has 0 aliphatic carbocycles. The molecular formula is C17H24ClN3O7S. The number of benzene rings is 1. The molecule has 12 heteroatoms. The number of anilines is 3. The molecule has 0 aliphatic rings. The maximum atomic E-state index is 12.4. The fourth-order valence-electron chi connectivity index (χ4n) is 2.09. The van der Waals surface area contributed by atoms with Crippen molar-refractivity contribution in [3.8, 4) is 5.75 Å². The van der Waals surface area contributed by atoms with Gasteiger partial charge in [-0.2, -0.15) is 0 Å². The lowest BCUT2D eigenvalue weighted by Crippen LogP contribution is -2.39. The second-order valence-electron chi connectivity index (χ2n) is 5.81. The number of ether oxygens (including phenoxy) is 1. The van der Waals surface area contributed by atoms with Gasteiger partial charge in [0.25, 0.3) is 10.9 Å². The molecule has 0 spiro atoms. The van der Waals surface area contributed by atoms with Gasteiger partial charge in [-0.05, 0) is 19.1 Å². The van der Waals surface area contributed by atoms with E-state index in [1.54, 1.807) is 21.1 Å². The van der Waals surface area contributed by atoms with Crippen molar-refractivity contribution in [3.63, 3.8) is 0 Å². The van der Waals surface area contributed by atoms with Gasteiger partial charge >= 0.3 is 0 Å². The first-order valence-electron chi connectivity index (χ1n) is 8.23. The van der Waals surface area contributed by atoms with Crippen LogP contribution in [0.5, 0.6) is 5.75 Å². The molecule has 0 aliphatic heterocycles. The molecule has 2 aromatic carbocycles. The number of hydrogen-bond acceptors (Lipinski definition) is 9. The summed E-state index contributed by atoms with van der Waals surface area (Å²) in [5, 5.41) is 24.9. The number of nitrogens with one attached hydrogen (secondary N) is 2. The molecule has 0 fully saturated rings. The molecule has 4 N–H and O–H groups in total. The highest BCUT2D eigenvalue weighted by Crippen LogP contribution is 2.38. The monoisotopic (exact) mass is 449 g/mol. The highest BCUT2D eigenvalue weighted by atomic mass is 35.5. The number of halogens is 1. The summed E-state index contributed by atoms with van der Waals surface area (Å²) in [4.78, 5) is 28.3. The topological polar surface area (TPSA) is 137 Å². The zero-order valence-corrected chi connectivity index (χ0v) is 18.2. The Bertz CT molecular complexity index is 931. The summed E-state index contributed by atoms with van der Waals surface area (Å²) >= 11 is 6.01. The lowest BCUT2D eigenvalue weighted by Gasteiger charge is -2.20. The normalized spacial score (nSPS) is 13.0. The number of nitrogens with zero attached hydrogens (tertiary/aromatic N) is 1. The van der Waals surface area contributed by atoms with E-state index < -0.39 is 33.6 Å². The van der Waals surface area contributed by atoms with Crippen molar-refractivity contribution in [2.45, 2.75) is 17.9 Å². The van der Waals surface area contributed by atoms with Crippen LogP contribution in [0, 0.1) is 0 Å². The average molecular weight is 450 g/mol. The molecule has 0 aromatic heterocycles. The Morgan fingerprint density at radius 3 is 2.28 bits per heavy atom. The number of hydroxylamine groups is 1. The predicted molar refractivity (Wildman–Crippen MR) is 112 cm³/mol. The van der Waals surface area contributed by atoms with Crippen LogP contribution < -0.4 is 21.5 Å². The molecule has 0 bridgehead atoms. The standard InChI is InChI=1S/C15H18ClN3O6S.C2H6O/c1-7(6-20)17-10-11(14(23)13(10)22)18-9-5-4-8(16)15(12(9)21)26(24)19(2)25-3;1-3-2/h4-5,7,17-18,20-21H,6H2,1-3H3;1-2H3/t7-,26?;/m0./s1. The first kappa shape index (κ1) is 25.0. The van der Waals surface area contributed by atoms with Crippen LogP contribution in [-0.4, -0.2) is 59.9 Å². The fourth-order valence-corrected chi connectivity index (χ4v) is 3.34. The van der Waals surface area contributed by atoms with Crippen LogP contribution in [0.25, 0.3) is 0 Å². The summed E-state index contributed by atoms with van der Waals surface area (Å²) < 4.78 is 17.6. The van der Waals surface area contributed by atoms with Crippen molar-refractivity contribution < 1.29 is 24.0 Å². The van der Waals surface area contributed by atoms with E-state index in [1.807, 2.05) is 0 Å². The number of aliphatic hydroxyl groups is 1. The van der Waals surface area contributed by atoms with E-state index in [0.717, 1.165) is 4.47 Å². The van der Waals surface area contributed by atoms with Crippen LogP contribution in [0.4, 0.5) is 17.1 Å². The van der Waals surface area contributed by atoms with Gasteiger partial charge in [0.1, 0.15) is 16.3 Å².